The number of hydrogen-bond donors (Lipinski definition) is 0. The predicted octanol–water partition coefficient (Wildman–Crippen LogP) is 2.21. The second-order valence-electron chi connectivity index (χ2n) is 6.33. The second-order valence-corrected chi connectivity index (χ2v) is 8.16. The average Bonchev–Trinajstić information content (AvgIpc) is 3.20. The van der Waals surface area contributed by atoms with Gasteiger partial charge in [-0.25, -0.2) is 27.3 Å². The summed E-state index contributed by atoms with van der Waals surface area (Å²) in [6.45, 7) is 0.240. The zero-order chi connectivity index (χ0) is 21.7. The van der Waals surface area contributed by atoms with Gasteiger partial charge >= 0.3 is 11.9 Å². The van der Waals surface area contributed by atoms with E-state index < -0.39 is 22.0 Å². The number of benzene rings is 1. The Balaban J connectivity index is 1.94. The molecule has 0 spiro atoms. The highest BCUT2D eigenvalue weighted by molar-refractivity contribution is 7.93. The Bertz CT molecular complexity index is 1140. The summed E-state index contributed by atoms with van der Waals surface area (Å²) >= 11 is 0. The normalized spacial score (nSPS) is 13.6. The van der Waals surface area contributed by atoms with E-state index in [1.54, 1.807) is 30.3 Å². The van der Waals surface area contributed by atoms with E-state index in [0.717, 1.165) is 5.56 Å². The first-order valence-corrected chi connectivity index (χ1v) is 10.4. The van der Waals surface area contributed by atoms with Gasteiger partial charge in [0.15, 0.2) is 0 Å². The van der Waals surface area contributed by atoms with E-state index in [4.69, 9.17) is 0 Å². The summed E-state index contributed by atoms with van der Waals surface area (Å²) in [6.07, 6.45) is 7.39. The smallest absolute Gasteiger partial charge is 0.330 e. The number of nitrogens with zero attached hydrogens (tertiary/aromatic N) is 2. The maximum absolute atomic E-state index is 13.3. The van der Waals surface area contributed by atoms with Gasteiger partial charge in [0.2, 0.25) is 0 Å². The number of fused-ring (bicyclic) bond motifs is 1. The highest BCUT2D eigenvalue weighted by Crippen LogP contribution is 2.33. The lowest BCUT2D eigenvalue weighted by Gasteiger charge is -2.20. The number of ether oxygens (including phenoxy) is 2. The van der Waals surface area contributed by atoms with Gasteiger partial charge in [-0.1, -0.05) is 18.2 Å². The van der Waals surface area contributed by atoms with E-state index in [1.165, 1.54) is 49.0 Å². The van der Waals surface area contributed by atoms with Crippen LogP contribution >= 0.6 is 0 Å². The van der Waals surface area contributed by atoms with Crippen molar-refractivity contribution >= 4 is 39.9 Å². The SMILES string of the molecule is COC(=O)/C=C/c1cnc2c(c1)CCN2S(=O)(=O)c1ccccc1/C=C/C(=O)OC. The molecule has 30 heavy (non-hydrogen) atoms. The molecule has 3 rings (SSSR count). The van der Waals surface area contributed by atoms with Crippen molar-refractivity contribution in [3.05, 3.63) is 65.4 Å². The highest BCUT2D eigenvalue weighted by atomic mass is 32.2. The first-order chi connectivity index (χ1) is 14.4. The summed E-state index contributed by atoms with van der Waals surface area (Å²) in [6, 6.07) is 8.19. The van der Waals surface area contributed by atoms with E-state index in [0.29, 0.717) is 23.4 Å². The molecular formula is C21H20N2O6S. The van der Waals surface area contributed by atoms with Crippen molar-refractivity contribution in [1.82, 2.24) is 4.98 Å². The largest absolute Gasteiger partial charge is 0.466 e. The number of carbonyl (C=O) groups is 2. The molecule has 0 saturated heterocycles. The molecule has 2 aromatic rings. The summed E-state index contributed by atoms with van der Waals surface area (Å²) in [5, 5.41) is 0. The Hall–Kier alpha value is -3.46. The minimum absolute atomic E-state index is 0.0643. The number of methoxy groups -OCH3 is 2. The number of anilines is 1. The lowest BCUT2D eigenvalue weighted by atomic mass is 10.1. The van der Waals surface area contributed by atoms with Crippen LogP contribution in [0.25, 0.3) is 12.2 Å². The molecule has 0 saturated carbocycles. The van der Waals surface area contributed by atoms with Gasteiger partial charge in [-0.05, 0) is 47.4 Å². The van der Waals surface area contributed by atoms with Crippen molar-refractivity contribution in [2.75, 3.05) is 25.1 Å². The number of aromatic nitrogens is 1. The van der Waals surface area contributed by atoms with Crippen LogP contribution in [0.3, 0.4) is 0 Å². The van der Waals surface area contributed by atoms with Gasteiger partial charge in [0, 0.05) is 24.9 Å². The molecule has 0 radical (unpaired) electrons. The van der Waals surface area contributed by atoms with Crippen LogP contribution in [-0.2, 0) is 35.5 Å². The molecule has 0 amide bonds. The van der Waals surface area contributed by atoms with Gasteiger partial charge in [-0.2, -0.15) is 0 Å². The fourth-order valence-electron chi connectivity index (χ4n) is 3.01. The molecule has 1 aliphatic rings. The van der Waals surface area contributed by atoms with Gasteiger partial charge in [0.25, 0.3) is 10.0 Å². The summed E-state index contributed by atoms with van der Waals surface area (Å²) < 4.78 is 37.0. The third-order valence-electron chi connectivity index (χ3n) is 4.48. The maximum Gasteiger partial charge on any atom is 0.330 e. The number of pyridine rings is 1. The third-order valence-corrected chi connectivity index (χ3v) is 6.35. The van der Waals surface area contributed by atoms with Crippen LogP contribution in [0.5, 0.6) is 0 Å². The standard InChI is InChI=1S/C21H20N2O6S/c1-28-19(24)9-7-15-13-17-11-12-23(21(17)22-14-15)30(26,27)18-6-4-3-5-16(18)8-10-20(25)29-2/h3-10,13-14H,11-12H2,1-2H3/b9-7+,10-8+. The van der Waals surface area contributed by atoms with E-state index in [-0.39, 0.29) is 11.4 Å². The molecule has 0 N–H and O–H groups in total. The van der Waals surface area contributed by atoms with Crippen molar-refractivity contribution in [3.8, 4) is 0 Å². The second kappa shape index (κ2) is 8.91. The Labute approximate surface area is 174 Å². The van der Waals surface area contributed by atoms with Crippen LogP contribution < -0.4 is 4.31 Å². The molecule has 1 aromatic carbocycles. The molecule has 1 aromatic heterocycles. The Morgan fingerprint density at radius 1 is 1.07 bits per heavy atom. The van der Waals surface area contributed by atoms with Crippen LogP contribution in [-0.4, -0.2) is 46.1 Å². The fourth-order valence-corrected chi connectivity index (χ4v) is 4.66. The monoisotopic (exact) mass is 428 g/mol. The maximum atomic E-state index is 13.3. The average molecular weight is 428 g/mol. The van der Waals surface area contributed by atoms with Crippen molar-refractivity contribution in [1.29, 1.82) is 0 Å². The lowest BCUT2D eigenvalue weighted by Crippen LogP contribution is -2.30. The first kappa shape index (κ1) is 21.3. The van der Waals surface area contributed by atoms with Gasteiger partial charge in [0.05, 0.1) is 19.1 Å². The molecule has 9 heteroatoms. The Morgan fingerprint density at radius 2 is 1.73 bits per heavy atom. The van der Waals surface area contributed by atoms with Crippen LogP contribution in [0.1, 0.15) is 16.7 Å². The Morgan fingerprint density at radius 3 is 2.43 bits per heavy atom. The fraction of sp³-hybridized carbons (Fsp3) is 0.190. The van der Waals surface area contributed by atoms with Gasteiger partial charge in [-0.3, -0.25) is 0 Å². The quantitative estimate of drug-likeness (QED) is 0.513. The van der Waals surface area contributed by atoms with E-state index in [1.807, 2.05) is 0 Å². The van der Waals surface area contributed by atoms with Crippen molar-refractivity contribution in [3.63, 3.8) is 0 Å². The molecule has 8 nitrogen and oxygen atoms in total. The van der Waals surface area contributed by atoms with Gasteiger partial charge in [-0.15, -0.1) is 0 Å². The van der Waals surface area contributed by atoms with Crippen LogP contribution in [0, 0.1) is 0 Å². The highest BCUT2D eigenvalue weighted by Gasteiger charge is 2.33. The number of sulfonamides is 1. The van der Waals surface area contributed by atoms with E-state index in [9.17, 15) is 18.0 Å². The van der Waals surface area contributed by atoms with Gasteiger partial charge in [0.1, 0.15) is 5.82 Å². The minimum atomic E-state index is -3.90. The van der Waals surface area contributed by atoms with Crippen LogP contribution in [0.2, 0.25) is 0 Å². The topological polar surface area (TPSA) is 103 Å². The Kier molecular flexibility index (Phi) is 6.31. The van der Waals surface area contributed by atoms with Crippen molar-refractivity contribution in [2.24, 2.45) is 0 Å². The molecule has 0 aliphatic carbocycles. The first-order valence-electron chi connectivity index (χ1n) is 8.99. The summed E-state index contributed by atoms with van der Waals surface area (Å²) in [7, 11) is -1.37. The molecular weight excluding hydrogens is 408 g/mol. The van der Waals surface area contributed by atoms with Gasteiger partial charge < -0.3 is 9.47 Å². The lowest BCUT2D eigenvalue weighted by molar-refractivity contribution is -0.135. The molecule has 2 heterocycles. The number of hydrogen-bond acceptors (Lipinski definition) is 7. The van der Waals surface area contributed by atoms with E-state index in [2.05, 4.69) is 14.5 Å². The number of rotatable bonds is 6. The molecule has 156 valence electrons. The van der Waals surface area contributed by atoms with Crippen LogP contribution in [0.4, 0.5) is 5.82 Å². The van der Waals surface area contributed by atoms with Crippen LogP contribution in [0.15, 0.2) is 53.6 Å². The zero-order valence-corrected chi connectivity index (χ0v) is 17.3. The summed E-state index contributed by atoms with van der Waals surface area (Å²) in [5.41, 5.74) is 1.79. The predicted molar refractivity (Wildman–Crippen MR) is 111 cm³/mol. The molecule has 0 unspecified atom stereocenters. The summed E-state index contributed by atoms with van der Waals surface area (Å²) in [5.74, 6) is -0.726. The third kappa shape index (κ3) is 4.41. The summed E-state index contributed by atoms with van der Waals surface area (Å²) in [4.78, 5) is 27.0. The zero-order valence-electron chi connectivity index (χ0n) is 16.4. The number of esters is 2. The molecule has 0 atom stereocenters. The minimum Gasteiger partial charge on any atom is -0.466 e. The van der Waals surface area contributed by atoms with E-state index >= 15 is 0 Å². The molecule has 1 aliphatic heterocycles. The molecule has 0 fully saturated rings. The number of carbonyl (C=O) groups excluding carboxylic acids is 2. The van der Waals surface area contributed by atoms with Crippen molar-refractivity contribution in [2.45, 2.75) is 11.3 Å². The van der Waals surface area contributed by atoms with Crippen molar-refractivity contribution < 1.29 is 27.5 Å². The molecule has 0 bridgehead atoms.